The van der Waals surface area contributed by atoms with Crippen LogP contribution in [0.2, 0.25) is 0 Å². The van der Waals surface area contributed by atoms with E-state index in [0.717, 1.165) is 12.5 Å². The van der Waals surface area contributed by atoms with Crippen molar-refractivity contribution < 1.29 is 4.39 Å². The highest BCUT2D eigenvalue weighted by Crippen LogP contribution is 2.29. The predicted octanol–water partition coefficient (Wildman–Crippen LogP) is 3.65. The minimum absolute atomic E-state index is 0.256. The molecule has 1 aromatic carbocycles. The zero-order chi connectivity index (χ0) is 12.3. The molecule has 2 rings (SSSR count). The molecular weight excluding hydrogens is 215 g/mol. The maximum atomic E-state index is 13.5. The van der Waals surface area contributed by atoms with E-state index < -0.39 is 0 Å². The van der Waals surface area contributed by atoms with Gasteiger partial charge in [0.2, 0.25) is 0 Å². The first-order chi connectivity index (χ1) is 8.15. The maximum absolute atomic E-state index is 13.5. The van der Waals surface area contributed by atoms with E-state index in [-0.39, 0.29) is 5.82 Å². The smallest absolute Gasteiger partial charge is 0.148 e. The molecule has 1 saturated carbocycles. The molecule has 2 nitrogen and oxygen atoms in total. The number of nitrogens with one attached hydrogen (secondary N) is 1. The second-order valence-electron chi connectivity index (χ2n) is 5.26. The van der Waals surface area contributed by atoms with Gasteiger partial charge in [-0.25, -0.2) is 4.39 Å². The minimum atomic E-state index is -0.256. The van der Waals surface area contributed by atoms with Gasteiger partial charge in [-0.3, -0.25) is 0 Å². The van der Waals surface area contributed by atoms with Gasteiger partial charge in [-0.1, -0.05) is 19.8 Å². The second-order valence-corrected chi connectivity index (χ2v) is 5.26. The highest BCUT2D eigenvalue weighted by Gasteiger charge is 2.18. The van der Waals surface area contributed by atoms with Gasteiger partial charge in [0.25, 0.3) is 0 Å². The lowest BCUT2D eigenvalue weighted by atomic mass is 9.82. The summed E-state index contributed by atoms with van der Waals surface area (Å²) in [6.07, 6.45) is 5.15. The first kappa shape index (κ1) is 12.2. The van der Waals surface area contributed by atoms with Gasteiger partial charge in [0, 0.05) is 12.2 Å². The summed E-state index contributed by atoms with van der Waals surface area (Å²) in [5.41, 5.74) is 6.56. The molecule has 0 heterocycles. The fourth-order valence-corrected chi connectivity index (χ4v) is 2.67. The van der Waals surface area contributed by atoms with E-state index in [9.17, 15) is 4.39 Å². The summed E-state index contributed by atoms with van der Waals surface area (Å²) in [6, 6.07) is 4.82. The summed E-state index contributed by atoms with van der Waals surface area (Å²) < 4.78 is 13.5. The van der Waals surface area contributed by atoms with E-state index >= 15 is 0 Å². The molecule has 17 heavy (non-hydrogen) atoms. The molecule has 2 atom stereocenters. The number of anilines is 2. The van der Waals surface area contributed by atoms with Crippen LogP contribution in [-0.2, 0) is 0 Å². The van der Waals surface area contributed by atoms with Crippen molar-refractivity contribution in [3.63, 3.8) is 0 Å². The molecule has 3 N–H and O–H groups in total. The first-order valence-corrected chi connectivity index (χ1v) is 6.44. The Bertz CT molecular complexity index is 378. The van der Waals surface area contributed by atoms with Crippen LogP contribution in [0.5, 0.6) is 0 Å². The summed E-state index contributed by atoms with van der Waals surface area (Å²) in [6.45, 7) is 3.17. The molecule has 0 aromatic heterocycles. The highest BCUT2D eigenvalue weighted by molar-refractivity contribution is 5.52. The van der Waals surface area contributed by atoms with Gasteiger partial charge < -0.3 is 11.1 Å². The molecule has 0 radical (unpaired) electrons. The van der Waals surface area contributed by atoms with Gasteiger partial charge in [0.15, 0.2) is 0 Å². The van der Waals surface area contributed by atoms with E-state index in [4.69, 9.17) is 5.73 Å². The lowest BCUT2D eigenvalue weighted by Gasteiger charge is -2.27. The van der Waals surface area contributed by atoms with E-state index in [1.54, 1.807) is 12.1 Å². The van der Waals surface area contributed by atoms with Gasteiger partial charge in [-0.05, 0) is 42.9 Å². The van der Waals surface area contributed by atoms with Crippen LogP contribution in [-0.4, -0.2) is 6.54 Å². The Morgan fingerprint density at radius 2 is 2.24 bits per heavy atom. The lowest BCUT2D eigenvalue weighted by Crippen LogP contribution is -2.21. The van der Waals surface area contributed by atoms with Crippen molar-refractivity contribution in [2.75, 3.05) is 17.6 Å². The van der Waals surface area contributed by atoms with E-state index in [2.05, 4.69) is 12.2 Å². The van der Waals surface area contributed by atoms with Crippen molar-refractivity contribution in [2.45, 2.75) is 32.6 Å². The van der Waals surface area contributed by atoms with Crippen LogP contribution >= 0.6 is 0 Å². The molecule has 0 aliphatic heterocycles. The SMILES string of the molecule is CC1CCCC(CNc2ccc(N)cc2F)C1. The van der Waals surface area contributed by atoms with Crippen LogP contribution < -0.4 is 11.1 Å². The Hall–Kier alpha value is -1.25. The lowest BCUT2D eigenvalue weighted by molar-refractivity contribution is 0.293. The quantitative estimate of drug-likeness (QED) is 0.786. The van der Waals surface area contributed by atoms with Crippen LogP contribution in [0.4, 0.5) is 15.8 Å². The number of benzene rings is 1. The van der Waals surface area contributed by atoms with Gasteiger partial charge in [0.05, 0.1) is 5.69 Å². The second kappa shape index (κ2) is 5.39. The average Bonchev–Trinajstić information content (AvgIpc) is 2.28. The Morgan fingerprint density at radius 3 is 2.94 bits per heavy atom. The molecule has 2 unspecified atom stereocenters. The van der Waals surface area contributed by atoms with Crippen molar-refractivity contribution >= 4 is 11.4 Å². The standard InChI is InChI=1S/C14H21FN2/c1-10-3-2-4-11(7-10)9-17-14-6-5-12(16)8-13(14)15/h5-6,8,10-11,17H,2-4,7,9,16H2,1H3. The third-order valence-corrected chi connectivity index (χ3v) is 3.62. The van der Waals surface area contributed by atoms with E-state index in [1.807, 2.05) is 0 Å². The zero-order valence-electron chi connectivity index (χ0n) is 10.4. The molecule has 0 bridgehead atoms. The Kier molecular flexibility index (Phi) is 3.87. The molecular formula is C14H21FN2. The zero-order valence-corrected chi connectivity index (χ0v) is 10.4. The third kappa shape index (κ3) is 3.35. The van der Waals surface area contributed by atoms with Crippen molar-refractivity contribution in [1.29, 1.82) is 0 Å². The Labute approximate surface area is 102 Å². The van der Waals surface area contributed by atoms with Crippen molar-refractivity contribution in [2.24, 2.45) is 11.8 Å². The van der Waals surface area contributed by atoms with Crippen LogP contribution in [0.3, 0.4) is 0 Å². The summed E-state index contributed by atoms with van der Waals surface area (Å²) >= 11 is 0. The fourth-order valence-electron chi connectivity index (χ4n) is 2.67. The topological polar surface area (TPSA) is 38.0 Å². The highest BCUT2D eigenvalue weighted by atomic mass is 19.1. The first-order valence-electron chi connectivity index (χ1n) is 6.44. The van der Waals surface area contributed by atoms with E-state index in [0.29, 0.717) is 17.3 Å². The number of rotatable bonds is 3. The summed E-state index contributed by atoms with van der Waals surface area (Å²) in [4.78, 5) is 0. The molecule has 1 aliphatic carbocycles. The molecule has 0 amide bonds. The largest absolute Gasteiger partial charge is 0.399 e. The van der Waals surface area contributed by atoms with Crippen LogP contribution in [0.25, 0.3) is 0 Å². The molecule has 1 aromatic rings. The summed E-state index contributed by atoms with van der Waals surface area (Å²) in [5, 5.41) is 3.20. The summed E-state index contributed by atoms with van der Waals surface area (Å²) in [7, 11) is 0. The minimum Gasteiger partial charge on any atom is -0.399 e. The van der Waals surface area contributed by atoms with Gasteiger partial charge in [-0.15, -0.1) is 0 Å². The number of halogens is 1. The van der Waals surface area contributed by atoms with Crippen molar-refractivity contribution in [3.8, 4) is 0 Å². The van der Waals surface area contributed by atoms with Crippen LogP contribution in [0, 0.1) is 17.7 Å². The molecule has 1 fully saturated rings. The number of hydrogen-bond donors (Lipinski definition) is 2. The average molecular weight is 236 g/mol. The third-order valence-electron chi connectivity index (χ3n) is 3.62. The molecule has 94 valence electrons. The fraction of sp³-hybridized carbons (Fsp3) is 0.571. The monoisotopic (exact) mass is 236 g/mol. The van der Waals surface area contributed by atoms with Gasteiger partial charge >= 0.3 is 0 Å². The molecule has 0 saturated heterocycles. The predicted molar refractivity (Wildman–Crippen MR) is 70.4 cm³/mol. The van der Waals surface area contributed by atoms with E-state index in [1.165, 1.54) is 31.7 Å². The Balaban J connectivity index is 1.88. The molecule has 0 spiro atoms. The van der Waals surface area contributed by atoms with Crippen molar-refractivity contribution in [1.82, 2.24) is 0 Å². The van der Waals surface area contributed by atoms with Gasteiger partial charge in [0.1, 0.15) is 5.82 Å². The summed E-state index contributed by atoms with van der Waals surface area (Å²) in [5.74, 6) is 1.23. The normalized spacial score (nSPS) is 24.6. The maximum Gasteiger partial charge on any atom is 0.148 e. The van der Waals surface area contributed by atoms with Crippen molar-refractivity contribution in [3.05, 3.63) is 24.0 Å². The number of nitrogens with two attached hydrogens (primary N) is 1. The Morgan fingerprint density at radius 1 is 1.41 bits per heavy atom. The number of nitrogen functional groups attached to an aromatic ring is 1. The van der Waals surface area contributed by atoms with Gasteiger partial charge in [-0.2, -0.15) is 0 Å². The molecule has 3 heteroatoms. The molecule has 1 aliphatic rings. The van der Waals surface area contributed by atoms with Crippen LogP contribution in [0.1, 0.15) is 32.6 Å². The number of hydrogen-bond acceptors (Lipinski definition) is 2. The van der Waals surface area contributed by atoms with Crippen LogP contribution in [0.15, 0.2) is 18.2 Å².